The van der Waals surface area contributed by atoms with Gasteiger partial charge in [0, 0.05) is 23.5 Å². The Morgan fingerprint density at radius 3 is 2.50 bits per heavy atom. The SMILES string of the molecule is Cc1nc2nc(C(F)(F)F)nn2c(C)c1CCC(=O)Nc1ccccc1. The Morgan fingerprint density at radius 1 is 1.15 bits per heavy atom. The van der Waals surface area contributed by atoms with Gasteiger partial charge in [-0.15, -0.1) is 5.10 Å². The van der Waals surface area contributed by atoms with Gasteiger partial charge in [0.15, 0.2) is 0 Å². The van der Waals surface area contributed by atoms with E-state index in [4.69, 9.17) is 0 Å². The average molecular weight is 363 g/mol. The number of hydrogen-bond donors (Lipinski definition) is 1. The van der Waals surface area contributed by atoms with Gasteiger partial charge in [0.2, 0.25) is 5.91 Å². The lowest BCUT2D eigenvalue weighted by Gasteiger charge is -2.10. The Hall–Kier alpha value is -2.97. The quantitative estimate of drug-likeness (QED) is 0.772. The molecule has 136 valence electrons. The van der Waals surface area contributed by atoms with Crippen molar-refractivity contribution in [3.8, 4) is 0 Å². The Balaban J connectivity index is 1.80. The maximum Gasteiger partial charge on any atom is 0.453 e. The molecule has 1 amide bonds. The number of aromatic nitrogens is 4. The van der Waals surface area contributed by atoms with Crippen molar-refractivity contribution in [1.82, 2.24) is 19.6 Å². The molecule has 6 nitrogen and oxygen atoms in total. The minimum Gasteiger partial charge on any atom is -0.326 e. The zero-order valence-electron chi connectivity index (χ0n) is 14.1. The normalized spacial score (nSPS) is 11.7. The molecule has 1 aromatic carbocycles. The van der Waals surface area contributed by atoms with E-state index < -0.39 is 12.0 Å². The van der Waals surface area contributed by atoms with Gasteiger partial charge in [-0.05, 0) is 38.0 Å². The zero-order chi connectivity index (χ0) is 18.9. The van der Waals surface area contributed by atoms with E-state index in [0.717, 1.165) is 4.52 Å². The van der Waals surface area contributed by atoms with E-state index in [1.54, 1.807) is 26.0 Å². The van der Waals surface area contributed by atoms with Crippen LogP contribution < -0.4 is 5.32 Å². The molecule has 0 atom stereocenters. The van der Waals surface area contributed by atoms with E-state index >= 15 is 0 Å². The topological polar surface area (TPSA) is 72.2 Å². The Labute approximate surface area is 147 Å². The number of para-hydroxylation sites is 1. The molecule has 0 radical (unpaired) electrons. The van der Waals surface area contributed by atoms with Crippen LogP contribution in [-0.4, -0.2) is 25.5 Å². The second-order valence-electron chi connectivity index (χ2n) is 5.82. The fourth-order valence-electron chi connectivity index (χ4n) is 2.67. The van der Waals surface area contributed by atoms with Gasteiger partial charge in [-0.1, -0.05) is 18.2 Å². The first-order valence-corrected chi connectivity index (χ1v) is 7.90. The molecule has 2 aromatic heterocycles. The largest absolute Gasteiger partial charge is 0.453 e. The van der Waals surface area contributed by atoms with Crippen LogP contribution in [0.3, 0.4) is 0 Å². The summed E-state index contributed by atoms with van der Waals surface area (Å²) in [6.45, 7) is 3.32. The summed E-state index contributed by atoms with van der Waals surface area (Å²) in [7, 11) is 0. The third kappa shape index (κ3) is 3.66. The number of carbonyl (C=O) groups excluding carboxylic acids is 1. The number of fused-ring (bicyclic) bond motifs is 1. The molecule has 0 saturated carbocycles. The van der Waals surface area contributed by atoms with Crippen LogP contribution in [0.2, 0.25) is 0 Å². The predicted molar refractivity (Wildman–Crippen MR) is 88.7 cm³/mol. The van der Waals surface area contributed by atoms with Crippen LogP contribution in [-0.2, 0) is 17.4 Å². The van der Waals surface area contributed by atoms with Crippen LogP contribution in [0.4, 0.5) is 18.9 Å². The number of amides is 1. The molecular weight excluding hydrogens is 347 g/mol. The summed E-state index contributed by atoms with van der Waals surface area (Å²) in [5.41, 5.74) is 2.39. The summed E-state index contributed by atoms with van der Waals surface area (Å²) in [6.07, 6.45) is -4.13. The van der Waals surface area contributed by atoms with Gasteiger partial charge in [0.1, 0.15) is 0 Å². The molecule has 9 heteroatoms. The highest BCUT2D eigenvalue weighted by atomic mass is 19.4. The van der Waals surface area contributed by atoms with Crippen molar-refractivity contribution >= 4 is 17.4 Å². The van der Waals surface area contributed by atoms with Crippen LogP contribution in [0.1, 0.15) is 29.2 Å². The Bertz CT molecular complexity index is 950. The highest BCUT2D eigenvalue weighted by Crippen LogP contribution is 2.27. The van der Waals surface area contributed by atoms with Crippen LogP contribution in [0.25, 0.3) is 5.78 Å². The Morgan fingerprint density at radius 2 is 1.85 bits per heavy atom. The smallest absolute Gasteiger partial charge is 0.326 e. The summed E-state index contributed by atoms with van der Waals surface area (Å²) in [5.74, 6) is -1.53. The number of alkyl halides is 3. The average Bonchev–Trinajstić information content (AvgIpc) is 3.00. The number of hydrogen-bond acceptors (Lipinski definition) is 4. The van der Waals surface area contributed by atoms with Gasteiger partial charge in [-0.25, -0.2) is 9.50 Å². The maximum atomic E-state index is 12.8. The van der Waals surface area contributed by atoms with Gasteiger partial charge >= 0.3 is 6.18 Å². The third-order valence-corrected chi connectivity index (χ3v) is 3.96. The number of halogens is 3. The molecule has 0 bridgehead atoms. The number of nitrogens with one attached hydrogen (secondary N) is 1. The van der Waals surface area contributed by atoms with Crippen LogP contribution >= 0.6 is 0 Å². The first-order valence-electron chi connectivity index (χ1n) is 7.90. The van der Waals surface area contributed by atoms with Crippen molar-refractivity contribution in [2.75, 3.05) is 5.32 Å². The first-order chi connectivity index (χ1) is 12.3. The minimum atomic E-state index is -4.64. The van der Waals surface area contributed by atoms with Crippen LogP contribution in [0.15, 0.2) is 30.3 Å². The van der Waals surface area contributed by atoms with E-state index in [1.165, 1.54) is 0 Å². The summed E-state index contributed by atoms with van der Waals surface area (Å²) in [4.78, 5) is 19.6. The molecule has 0 aliphatic carbocycles. The summed E-state index contributed by atoms with van der Waals surface area (Å²) >= 11 is 0. The Kier molecular flexibility index (Phi) is 4.62. The van der Waals surface area contributed by atoms with Gasteiger partial charge < -0.3 is 5.32 Å². The number of anilines is 1. The number of nitrogens with zero attached hydrogens (tertiary/aromatic N) is 4. The maximum absolute atomic E-state index is 12.8. The van der Waals surface area contributed by atoms with Crippen molar-refractivity contribution in [1.29, 1.82) is 0 Å². The van der Waals surface area contributed by atoms with Crippen molar-refractivity contribution in [3.05, 3.63) is 53.1 Å². The van der Waals surface area contributed by atoms with E-state index in [0.29, 0.717) is 29.1 Å². The van der Waals surface area contributed by atoms with E-state index in [2.05, 4.69) is 20.4 Å². The summed E-state index contributed by atoms with van der Waals surface area (Å²) < 4.78 is 39.5. The standard InChI is InChI=1S/C17H16F3N5O/c1-10-13(8-9-14(26)22-12-6-4-3-5-7-12)11(2)25-16(21-10)23-15(24-25)17(18,19)20/h3-7H,8-9H2,1-2H3,(H,22,26). The zero-order valence-corrected chi connectivity index (χ0v) is 14.1. The van der Waals surface area contributed by atoms with Crippen molar-refractivity contribution in [2.45, 2.75) is 32.9 Å². The number of benzene rings is 1. The number of carbonyl (C=O) groups is 1. The second kappa shape index (κ2) is 6.74. The fraction of sp³-hybridized carbons (Fsp3) is 0.294. The van der Waals surface area contributed by atoms with Gasteiger partial charge in [-0.2, -0.15) is 18.2 Å². The molecule has 0 saturated heterocycles. The molecule has 0 aliphatic heterocycles. The first kappa shape index (κ1) is 17.8. The van der Waals surface area contributed by atoms with Crippen LogP contribution in [0, 0.1) is 13.8 Å². The molecule has 0 fully saturated rings. The van der Waals surface area contributed by atoms with Crippen molar-refractivity contribution in [2.24, 2.45) is 0 Å². The number of aryl methyl sites for hydroxylation is 2. The minimum absolute atomic E-state index is 0.107. The summed E-state index contributed by atoms with van der Waals surface area (Å²) in [5, 5.41) is 6.27. The molecule has 26 heavy (non-hydrogen) atoms. The van der Waals surface area contributed by atoms with E-state index in [-0.39, 0.29) is 18.1 Å². The third-order valence-electron chi connectivity index (χ3n) is 3.96. The van der Waals surface area contributed by atoms with Crippen molar-refractivity contribution < 1.29 is 18.0 Å². The second-order valence-corrected chi connectivity index (χ2v) is 5.82. The van der Waals surface area contributed by atoms with E-state index in [1.807, 2.05) is 18.2 Å². The highest BCUT2D eigenvalue weighted by Gasteiger charge is 2.36. The molecule has 0 spiro atoms. The lowest BCUT2D eigenvalue weighted by atomic mass is 10.1. The predicted octanol–water partition coefficient (Wildman–Crippen LogP) is 3.33. The molecule has 2 heterocycles. The molecule has 0 aliphatic rings. The molecule has 3 rings (SSSR count). The van der Waals surface area contributed by atoms with Gasteiger partial charge in [0.25, 0.3) is 11.6 Å². The lowest BCUT2D eigenvalue weighted by Crippen LogP contribution is -2.14. The summed E-state index contributed by atoms with van der Waals surface area (Å²) in [6, 6.07) is 9.01. The lowest BCUT2D eigenvalue weighted by molar-refractivity contribution is -0.144. The van der Waals surface area contributed by atoms with Crippen molar-refractivity contribution in [3.63, 3.8) is 0 Å². The molecule has 1 N–H and O–H groups in total. The molecule has 0 unspecified atom stereocenters. The molecular formula is C17H16F3N5O. The number of rotatable bonds is 4. The highest BCUT2D eigenvalue weighted by molar-refractivity contribution is 5.90. The molecule has 3 aromatic rings. The fourth-order valence-corrected chi connectivity index (χ4v) is 2.67. The van der Waals surface area contributed by atoms with Gasteiger partial charge in [0.05, 0.1) is 0 Å². The van der Waals surface area contributed by atoms with Gasteiger partial charge in [-0.3, -0.25) is 4.79 Å². The van der Waals surface area contributed by atoms with Crippen LogP contribution in [0.5, 0.6) is 0 Å². The monoisotopic (exact) mass is 363 g/mol. The van der Waals surface area contributed by atoms with E-state index in [9.17, 15) is 18.0 Å².